The molecule has 0 bridgehead atoms. The summed E-state index contributed by atoms with van der Waals surface area (Å²) in [4.78, 5) is 21.2. The van der Waals surface area contributed by atoms with Gasteiger partial charge in [0.2, 0.25) is 17.6 Å². The number of methoxy groups -OCH3 is 1. The molecule has 1 amide bonds. The van der Waals surface area contributed by atoms with Gasteiger partial charge in [0.25, 0.3) is 0 Å². The summed E-state index contributed by atoms with van der Waals surface area (Å²) in [6.07, 6.45) is 0.811. The third kappa shape index (κ3) is 4.81. The first-order valence-electron chi connectivity index (χ1n) is 9.87. The summed E-state index contributed by atoms with van der Waals surface area (Å²) < 4.78 is 11.5. The summed E-state index contributed by atoms with van der Waals surface area (Å²) >= 11 is 3.41. The Hall–Kier alpha value is -2.87. The van der Waals surface area contributed by atoms with E-state index < -0.39 is 0 Å². The molecule has 156 valence electrons. The highest BCUT2D eigenvalue weighted by atomic mass is 79.9. The molecule has 0 atom stereocenters. The second-order valence-corrected chi connectivity index (χ2v) is 8.00. The Kier molecular flexibility index (Phi) is 6.32. The van der Waals surface area contributed by atoms with Gasteiger partial charge in [0.05, 0.1) is 7.11 Å². The molecule has 2 aromatic carbocycles. The predicted molar refractivity (Wildman–Crippen MR) is 118 cm³/mol. The van der Waals surface area contributed by atoms with Crippen LogP contribution in [-0.4, -0.2) is 54.2 Å². The van der Waals surface area contributed by atoms with Gasteiger partial charge in [-0.25, -0.2) is 0 Å². The van der Waals surface area contributed by atoms with Crippen LogP contribution in [0.5, 0.6) is 5.75 Å². The predicted octanol–water partition coefficient (Wildman–Crippen LogP) is 3.79. The molecule has 0 unspecified atom stereocenters. The highest BCUT2D eigenvalue weighted by Gasteiger charge is 2.22. The molecule has 30 heavy (non-hydrogen) atoms. The van der Waals surface area contributed by atoms with Crippen LogP contribution >= 0.6 is 15.9 Å². The fraction of sp³-hybridized carbons (Fsp3) is 0.318. The van der Waals surface area contributed by atoms with E-state index in [1.807, 2.05) is 41.3 Å². The van der Waals surface area contributed by atoms with Crippen LogP contribution in [0, 0.1) is 0 Å². The van der Waals surface area contributed by atoms with E-state index in [0.29, 0.717) is 37.6 Å². The first-order valence-corrected chi connectivity index (χ1v) is 10.7. The molecule has 0 radical (unpaired) electrons. The van der Waals surface area contributed by atoms with Crippen molar-refractivity contribution in [1.82, 2.24) is 15.0 Å². The second-order valence-electron chi connectivity index (χ2n) is 7.08. The van der Waals surface area contributed by atoms with Gasteiger partial charge in [-0.1, -0.05) is 21.1 Å². The van der Waals surface area contributed by atoms with Gasteiger partial charge in [0, 0.05) is 54.7 Å². The summed E-state index contributed by atoms with van der Waals surface area (Å²) in [7, 11) is 1.66. The van der Waals surface area contributed by atoms with Gasteiger partial charge in [-0.15, -0.1) is 0 Å². The highest BCUT2D eigenvalue weighted by Crippen LogP contribution is 2.21. The van der Waals surface area contributed by atoms with Crippen molar-refractivity contribution in [3.05, 3.63) is 58.9 Å². The van der Waals surface area contributed by atoms with E-state index in [0.717, 1.165) is 34.6 Å². The number of hydrogen-bond donors (Lipinski definition) is 0. The van der Waals surface area contributed by atoms with Crippen molar-refractivity contribution in [1.29, 1.82) is 0 Å². The van der Waals surface area contributed by atoms with Gasteiger partial charge in [0.15, 0.2) is 0 Å². The van der Waals surface area contributed by atoms with Crippen molar-refractivity contribution < 1.29 is 14.1 Å². The Morgan fingerprint density at radius 3 is 2.43 bits per heavy atom. The number of hydrogen-bond acceptors (Lipinski definition) is 6. The number of aromatic nitrogens is 2. The quantitative estimate of drug-likeness (QED) is 0.545. The Morgan fingerprint density at radius 1 is 1.07 bits per heavy atom. The molecule has 0 aliphatic carbocycles. The van der Waals surface area contributed by atoms with Gasteiger partial charge in [0.1, 0.15) is 5.75 Å². The van der Waals surface area contributed by atoms with Crippen molar-refractivity contribution in [2.24, 2.45) is 0 Å². The minimum absolute atomic E-state index is 0.118. The van der Waals surface area contributed by atoms with E-state index in [1.54, 1.807) is 7.11 Å². The topological polar surface area (TPSA) is 71.7 Å². The van der Waals surface area contributed by atoms with Crippen LogP contribution in [0.2, 0.25) is 0 Å². The zero-order chi connectivity index (χ0) is 20.9. The lowest BCUT2D eigenvalue weighted by atomic mass is 10.2. The number of carbonyl (C=O) groups is 1. The van der Waals surface area contributed by atoms with Crippen molar-refractivity contribution in [3.8, 4) is 17.1 Å². The molecule has 1 aliphatic heterocycles. The lowest BCUT2D eigenvalue weighted by Gasteiger charge is -2.36. The number of ether oxygens (including phenoxy) is 1. The largest absolute Gasteiger partial charge is 0.497 e. The van der Waals surface area contributed by atoms with Crippen molar-refractivity contribution in [3.63, 3.8) is 0 Å². The monoisotopic (exact) mass is 470 g/mol. The molecule has 0 spiro atoms. The van der Waals surface area contributed by atoms with Gasteiger partial charge in [-0.2, -0.15) is 4.98 Å². The Labute approximate surface area is 183 Å². The van der Waals surface area contributed by atoms with E-state index in [-0.39, 0.29) is 5.91 Å². The third-order valence-corrected chi connectivity index (χ3v) is 5.72. The zero-order valence-electron chi connectivity index (χ0n) is 16.8. The third-order valence-electron chi connectivity index (χ3n) is 5.19. The Morgan fingerprint density at radius 2 is 1.77 bits per heavy atom. The number of benzene rings is 2. The van der Waals surface area contributed by atoms with E-state index in [9.17, 15) is 4.79 Å². The molecule has 3 aromatic rings. The fourth-order valence-electron chi connectivity index (χ4n) is 3.45. The molecule has 0 saturated carbocycles. The number of amides is 1. The van der Waals surface area contributed by atoms with Crippen LogP contribution in [0.3, 0.4) is 0 Å². The SMILES string of the molecule is COc1ccc(N2CCN(C(=O)CCc3nc(-c4ccc(Br)cc4)no3)CC2)cc1. The summed E-state index contributed by atoms with van der Waals surface area (Å²) in [5.41, 5.74) is 2.03. The average molecular weight is 471 g/mol. The van der Waals surface area contributed by atoms with Crippen molar-refractivity contribution in [2.45, 2.75) is 12.8 Å². The lowest BCUT2D eigenvalue weighted by molar-refractivity contribution is -0.131. The average Bonchev–Trinajstić information content (AvgIpc) is 3.27. The van der Waals surface area contributed by atoms with Crippen LogP contribution in [0.1, 0.15) is 12.3 Å². The smallest absolute Gasteiger partial charge is 0.227 e. The first kappa shape index (κ1) is 20.4. The minimum Gasteiger partial charge on any atom is -0.497 e. The summed E-state index contributed by atoms with van der Waals surface area (Å²) in [5, 5.41) is 4.02. The molecule has 1 aliphatic rings. The van der Waals surface area contributed by atoms with Crippen molar-refractivity contribution >= 4 is 27.5 Å². The van der Waals surface area contributed by atoms with Gasteiger partial charge >= 0.3 is 0 Å². The molecule has 1 fully saturated rings. The fourth-order valence-corrected chi connectivity index (χ4v) is 3.72. The van der Waals surface area contributed by atoms with E-state index in [4.69, 9.17) is 9.26 Å². The Balaban J connectivity index is 1.26. The minimum atomic E-state index is 0.118. The maximum absolute atomic E-state index is 12.6. The van der Waals surface area contributed by atoms with Gasteiger partial charge in [-0.3, -0.25) is 4.79 Å². The Bertz CT molecular complexity index is 980. The number of rotatable bonds is 6. The zero-order valence-corrected chi connectivity index (χ0v) is 18.3. The number of aryl methyl sites for hydroxylation is 1. The van der Waals surface area contributed by atoms with Crippen LogP contribution in [0.4, 0.5) is 5.69 Å². The summed E-state index contributed by atoms with van der Waals surface area (Å²) in [6, 6.07) is 15.7. The number of nitrogens with zero attached hydrogens (tertiary/aromatic N) is 4. The molecule has 8 heteroatoms. The van der Waals surface area contributed by atoms with Gasteiger partial charge < -0.3 is 19.1 Å². The van der Waals surface area contributed by atoms with E-state index >= 15 is 0 Å². The van der Waals surface area contributed by atoms with E-state index in [1.165, 1.54) is 0 Å². The van der Waals surface area contributed by atoms with Crippen LogP contribution < -0.4 is 9.64 Å². The maximum atomic E-state index is 12.6. The number of piperazine rings is 1. The van der Waals surface area contributed by atoms with Crippen LogP contribution in [0.25, 0.3) is 11.4 Å². The van der Waals surface area contributed by atoms with E-state index in [2.05, 4.69) is 43.1 Å². The summed E-state index contributed by atoms with van der Waals surface area (Å²) in [5.74, 6) is 1.99. The molecule has 7 nitrogen and oxygen atoms in total. The van der Waals surface area contributed by atoms with Crippen LogP contribution in [-0.2, 0) is 11.2 Å². The van der Waals surface area contributed by atoms with Crippen LogP contribution in [0.15, 0.2) is 57.5 Å². The lowest BCUT2D eigenvalue weighted by Crippen LogP contribution is -2.48. The normalized spacial score (nSPS) is 14.1. The molecular formula is C22H23BrN4O3. The molecule has 0 N–H and O–H groups in total. The molecular weight excluding hydrogens is 448 g/mol. The highest BCUT2D eigenvalue weighted by molar-refractivity contribution is 9.10. The molecule has 1 aromatic heterocycles. The second kappa shape index (κ2) is 9.30. The number of carbonyl (C=O) groups excluding carboxylic acids is 1. The van der Waals surface area contributed by atoms with Crippen molar-refractivity contribution in [2.75, 3.05) is 38.2 Å². The molecule has 4 rings (SSSR count). The first-order chi connectivity index (χ1) is 14.6. The standard InChI is InChI=1S/C22H23BrN4O3/c1-29-19-8-6-18(7-9-19)26-12-14-27(15-13-26)21(28)11-10-20-24-22(25-30-20)16-2-4-17(23)5-3-16/h2-9H,10-15H2,1H3. The number of anilines is 1. The maximum Gasteiger partial charge on any atom is 0.227 e. The molecule has 2 heterocycles. The summed E-state index contributed by atoms with van der Waals surface area (Å²) in [6.45, 7) is 3.04. The molecule has 1 saturated heterocycles. The number of halogens is 1. The van der Waals surface area contributed by atoms with Gasteiger partial charge in [-0.05, 0) is 48.5 Å².